The Balaban J connectivity index is 1.27. The van der Waals surface area contributed by atoms with Crippen LogP contribution in [0.5, 0.6) is 5.75 Å². The Morgan fingerprint density at radius 3 is 2.22 bits per heavy atom. The number of imide groups is 1. The van der Waals surface area contributed by atoms with E-state index in [9.17, 15) is 14.4 Å². The molecule has 6 nitrogen and oxygen atoms in total. The Labute approximate surface area is 157 Å². The molecule has 1 N–H and O–H groups in total. The van der Waals surface area contributed by atoms with Crippen molar-refractivity contribution in [2.45, 2.75) is 13.3 Å². The monoisotopic (exact) mass is 366 g/mol. The minimum absolute atomic E-state index is 0.170. The average Bonchev–Trinajstić information content (AvgIpc) is 3.45. The summed E-state index contributed by atoms with van der Waals surface area (Å²) in [4.78, 5) is 39.4. The molecule has 140 valence electrons. The van der Waals surface area contributed by atoms with Crippen LogP contribution in [-0.4, -0.2) is 35.8 Å². The van der Waals surface area contributed by atoms with Crippen molar-refractivity contribution in [3.8, 4) is 5.75 Å². The molecule has 1 aromatic rings. The van der Waals surface area contributed by atoms with Crippen LogP contribution in [0.2, 0.25) is 0 Å². The molecule has 1 heterocycles. The number of rotatable bonds is 5. The third kappa shape index (κ3) is 2.50. The smallest absolute Gasteiger partial charge is 0.244 e. The number of amides is 3. The second kappa shape index (κ2) is 5.94. The lowest BCUT2D eigenvalue weighted by Crippen LogP contribution is -2.40. The summed E-state index contributed by atoms with van der Waals surface area (Å²) in [5, 5.41) is 2.76. The fourth-order valence-corrected chi connectivity index (χ4v) is 5.32. The summed E-state index contributed by atoms with van der Waals surface area (Å²) in [7, 11) is 0. The van der Waals surface area contributed by atoms with Crippen molar-refractivity contribution in [2.75, 3.05) is 18.5 Å². The van der Waals surface area contributed by atoms with Crippen molar-refractivity contribution in [2.24, 2.45) is 35.5 Å². The van der Waals surface area contributed by atoms with E-state index in [-0.39, 0.29) is 47.9 Å². The van der Waals surface area contributed by atoms with Gasteiger partial charge in [0.2, 0.25) is 17.7 Å². The van der Waals surface area contributed by atoms with E-state index in [1.165, 1.54) is 4.90 Å². The fourth-order valence-electron chi connectivity index (χ4n) is 5.32. The first kappa shape index (κ1) is 16.5. The Kier molecular flexibility index (Phi) is 3.64. The van der Waals surface area contributed by atoms with Crippen molar-refractivity contribution in [3.05, 3.63) is 36.4 Å². The SMILES string of the molecule is CCOc1ccc(NC(=O)CN2C(=O)[C@@H]3[C@@H]4C=C[C@H]([C@H]5C[C@H]45)[C@@H]3C2=O)cc1. The summed E-state index contributed by atoms with van der Waals surface area (Å²) in [5.74, 6) is 1.01. The van der Waals surface area contributed by atoms with Gasteiger partial charge < -0.3 is 10.1 Å². The minimum atomic E-state index is -0.357. The average molecular weight is 366 g/mol. The molecular weight excluding hydrogens is 344 g/mol. The molecule has 0 aromatic heterocycles. The van der Waals surface area contributed by atoms with Crippen LogP contribution >= 0.6 is 0 Å². The van der Waals surface area contributed by atoms with Gasteiger partial charge in [-0.15, -0.1) is 0 Å². The highest BCUT2D eigenvalue weighted by atomic mass is 16.5. The van der Waals surface area contributed by atoms with E-state index in [1.807, 2.05) is 6.92 Å². The number of anilines is 1. The lowest BCUT2D eigenvalue weighted by molar-refractivity contribution is -0.142. The molecule has 6 heteroatoms. The normalized spacial score (nSPS) is 35.1. The first-order chi connectivity index (χ1) is 13.1. The largest absolute Gasteiger partial charge is 0.494 e. The molecule has 1 aromatic carbocycles. The van der Waals surface area contributed by atoms with Gasteiger partial charge in [-0.2, -0.15) is 0 Å². The van der Waals surface area contributed by atoms with E-state index in [0.29, 0.717) is 24.1 Å². The number of likely N-dealkylation sites (tertiary alicyclic amines) is 1. The van der Waals surface area contributed by atoms with Crippen molar-refractivity contribution in [1.82, 2.24) is 4.90 Å². The number of carbonyl (C=O) groups is 3. The van der Waals surface area contributed by atoms with Crippen LogP contribution in [0.25, 0.3) is 0 Å². The van der Waals surface area contributed by atoms with Gasteiger partial charge in [0, 0.05) is 5.69 Å². The first-order valence-corrected chi connectivity index (χ1v) is 9.64. The van der Waals surface area contributed by atoms with Crippen LogP contribution in [0.4, 0.5) is 5.69 Å². The molecule has 2 saturated carbocycles. The number of carbonyl (C=O) groups excluding carboxylic acids is 3. The van der Waals surface area contributed by atoms with Crippen LogP contribution in [0.3, 0.4) is 0 Å². The lowest BCUT2D eigenvalue weighted by atomic mass is 9.63. The maximum atomic E-state index is 12.9. The van der Waals surface area contributed by atoms with Crippen molar-refractivity contribution in [3.63, 3.8) is 0 Å². The van der Waals surface area contributed by atoms with E-state index in [2.05, 4.69) is 17.5 Å². The minimum Gasteiger partial charge on any atom is -0.494 e. The zero-order valence-corrected chi connectivity index (χ0v) is 15.1. The topological polar surface area (TPSA) is 75.7 Å². The molecule has 27 heavy (non-hydrogen) atoms. The van der Waals surface area contributed by atoms with Gasteiger partial charge in [0.25, 0.3) is 0 Å². The molecule has 4 aliphatic carbocycles. The predicted octanol–water partition coefficient (Wildman–Crippen LogP) is 2.08. The van der Waals surface area contributed by atoms with Crippen molar-refractivity contribution >= 4 is 23.4 Å². The molecule has 3 amide bonds. The van der Waals surface area contributed by atoms with E-state index >= 15 is 0 Å². The van der Waals surface area contributed by atoms with Gasteiger partial charge in [0.05, 0.1) is 18.4 Å². The molecule has 0 spiro atoms. The van der Waals surface area contributed by atoms with Crippen molar-refractivity contribution < 1.29 is 19.1 Å². The molecule has 6 atom stereocenters. The maximum Gasteiger partial charge on any atom is 0.244 e. The molecule has 6 rings (SSSR count). The Morgan fingerprint density at radius 2 is 1.67 bits per heavy atom. The van der Waals surface area contributed by atoms with Crippen molar-refractivity contribution in [1.29, 1.82) is 0 Å². The molecule has 0 unspecified atom stereocenters. The zero-order valence-electron chi connectivity index (χ0n) is 15.1. The summed E-state index contributed by atoms with van der Waals surface area (Å²) in [5.41, 5.74) is 0.614. The van der Waals surface area contributed by atoms with E-state index in [0.717, 1.165) is 12.2 Å². The van der Waals surface area contributed by atoms with Crippen LogP contribution < -0.4 is 10.1 Å². The Bertz CT molecular complexity index is 810. The predicted molar refractivity (Wildman–Crippen MR) is 97.7 cm³/mol. The second-order valence-corrected chi connectivity index (χ2v) is 7.92. The summed E-state index contributed by atoms with van der Waals surface area (Å²) < 4.78 is 5.38. The molecule has 2 bridgehead atoms. The highest BCUT2D eigenvalue weighted by Gasteiger charge is 2.67. The maximum absolute atomic E-state index is 12.9. The number of hydrogen-bond donors (Lipinski definition) is 1. The number of hydrogen-bond acceptors (Lipinski definition) is 4. The quantitative estimate of drug-likeness (QED) is 0.639. The molecule has 1 saturated heterocycles. The third-order valence-corrected chi connectivity index (χ3v) is 6.50. The fraction of sp³-hybridized carbons (Fsp3) is 0.476. The van der Waals surface area contributed by atoms with E-state index in [4.69, 9.17) is 4.74 Å². The highest BCUT2D eigenvalue weighted by molar-refractivity contribution is 6.09. The Hall–Kier alpha value is -2.63. The van der Waals surface area contributed by atoms with Gasteiger partial charge in [0.1, 0.15) is 12.3 Å². The van der Waals surface area contributed by atoms with Gasteiger partial charge in [0.15, 0.2) is 0 Å². The van der Waals surface area contributed by atoms with Gasteiger partial charge in [-0.25, -0.2) is 0 Å². The van der Waals surface area contributed by atoms with Crippen LogP contribution in [0, 0.1) is 35.5 Å². The van der Waals surface area contributed by atoms with Gasteiger partial charge in [-0.1, -0.05) is 12.2 Å². The van der Waals surface area contributed by atoms with E-state index < -0.39 is 0 Å². The molecule has 3 fully saturated rings. The summed E-state index contributed by atoms with van der Waals surface area (Å²) in [6.07, 6.45) is 5.40. The lowest BCUT2D eigenvalue weighted by Gasteiger charge is -2.37. The molecule has 1 aliphatic heterocycles. The highest BCUT2D eigenvalue weighted by Crippen LogP contribution is 2.65. The standard InChI is InChI=1S/C21H22N2O4/c1-2-27-12-5-3-11(4-6-12)22-17(24)10-23-20(25)18-13-7-8-14(16-9-15(13)16)19(18)21(23)26/h3-8,13-16,18-19H,2,9-10H2,1H3,(H,22,24)/t13-,14-,15-,16-,18-,19+/m1/s1. The zero-order chi connectivity index (χ0) is 18.7. The third-order valence-electron chi connectivity index (χ3n) is 6.50. The molecule has 0 radical (unpaired) electrons. The number of allylic oxidation sites excluding steroid dienone is 2. The number of nitrogens with one attached hydrogen (secondary N) is 1. The second-order valence-electron chi connectivity index (χ2n) is 7.92. The first-order valence-electron chi connectivity index (χ1n) is 9.64. The Morgan fingerprint density at radius 1 is 1.07 bits per heavy atom. The van der Waals surface area contributed by atoms with Gasteiger partial charge >= 0.3 is 0 Å². The number of nitrogens with zero attached hydrogens (tertiary/aromatic N) is 1. The van der Waals surface area contributed by atoms with Gasteiger partial charge in [-0.05, 0) is 61.3 Å². The summed E-state index contributed by atoms with van der Waals surface area (Å²) in [6, 6.07) is 7.03. The molecule has 5 aliphatic rings. The molecular formula is C21H22N2O4. The summed E-state index contributed by atoms with van der Waals surface area (Å²) in [6.45, 7) is 2.26. The van der Waals surface area contributed by atoms with Crippen LogP contribution in [-0.2, 0) is 14.4 Å². The number of ether oxygens (including phenoxy) is 1. The van der Waals surface area contributed by atoms with Crippen LogP contribution in [0.1, 0.15) is 13.3 Å². The summed E-state index contributed by atoms with van der Waals surface area (Å²) >= 11 is 0. The van der Waals surface area contributed by atoms with Crippen LogP contribution in [0.15, 0.2) is 36.4 Å². The number of benzene rings is 1. The van der Waals surface area contributed by atoms with Gasteiger partial charge in [-0.3, -0.25) is 19.3 Å². The van der Waals surface area contributed by atoms with E-state index in [1.54, 1.807) is 24.3 Å².